The molecule has 1 saturated carbocycles. The standard InChI is InChI=1S/C29H32N6O2/c1-18-13-22(5-6-23(18)20-8-11-35(12-9-20)17-19-3-4-19)32-28-27-21(7-10-31-29(27)36)14-24(34-28)25-15-30-16-26(33-25)37-2/h5-7,10,13-16,19-20H,3-4,8-9,11-12,17H2,1-2H3,(H,31,36)(H,32,34). The highest BCUT2D eigenvalue weighted by molar-refractivity contribution is 5.94. The largest absolute Gasteiger partial charge is 0.480 e. The van der Waals surface area contributed by atoms with Crippen LogP contribution in [0.1, 0.15) is 42.7 Å². The summed E-state index contributed by atoms with van der Waals surface area (Å²) in [6.07, 6.45) is 10.1. The number of nitrogens with zero attached hydrogens (tertiary/aromatic N) is 4. The van der Waals surface area contributed by atoms with Crippen LogP contribution in [0.15, 0.2) is 53.7 Å². The molecule has 190 valence electrons. The van der Waals surface area contributed by atoms with Gasteiger partial charge in [0.1, 0.15) is 11.5 Å². The quantitative estimate of drug-likeness (QED) is 0.370. The van der Waals surface area contributed by atoms with Crippen LogP contribution in [0.25, 0.3) is 22.2 Å². The van der Waals surface area contributed by atoms with Crippen LogP contribution in [0.4, 0.5) is 11.5 Å². The molecule has 0 unspecified atom stereocenters. The number of aryl methyl sites for hydroxylation is 1. The Labute approximate surface area is 216 Å². The molecule has 0 bridgehead atoms. The molecule has 37 heavy (non-hydrogen) atoms. The van der Waals surface area contributed by atoms with Gasteiger partial charge in [0.25, 0.3) is 5.56 Å². The molecule has 1 aromatic carbocycles. The number of fused-ring (bicyclic) bond motifs is 1. The number of pyridine rings is 2. The highest BCUT2D eigenvalue weighted by Gasteiger charge is 2.28. The van der Waals surface area contributed by atoms with Crippen molar-refractivity contribution < 1.29 is 4.74 Å². The van der Waals surface area contributed by atoms with E-state index < -0.39 is 0 Å². The first kappa shape index (κ1) is 23.6. The number of hydrogen-bond donors (Lipinski definition) is 2. The van der Waals surface area contributed by atoms with Crippen molar-refractivity contribution in [3.05, 3.63) is 70.4 Å². The Morgan fingerprint density at radius 3 is 2.65 bits per heavy atom. The van der Waals surface area contributed by atoms with Crippen molar-refractivity contribution in [2.24, 2.45) is 5.92 Å². The Balaban J connectivity index is 1.28. The van der Waals surface area contributed by atoms with Gasteiger partial charge < -0.3 is 19.9 Å². The minimum atomic E-state index is -0.193. The van der Waals surface area contributed by atoms with Gasteiger partial charge in [-0.05, 0) is 98.3 Å². The van der Waals surface area contributed by atoms with Crippen molar-refractivity contribution in [1.82, 2.24) is 24.8 Å². The molecular weight excluding hydrogens is 464 g/mol. The molecule has 1 saturated heterocycles. The van der Waals surface area contributed by atoms with Crippen molar-refractivity contribution >= 4 is 22.3 Å². The molecule has 1 aliphatic heterocycles. The number of methoxy groups -OCH3 is 1. The molecule has 2 aliphatic rings. The molecule has 0 radical (unpaired) electrons. The number of H-pyrrole nitrogens is 1. The van der Waals surface area contributed by atoms with E-state index in [4.69, 9.17) is 9.72 Å². The second-order valence-corrected chi connectivity index (χ2v) is 10.3. The topological polar surface area (TPSA) is 96.0 Å². The molecular formula is C29H32N6O2. The van der Waals surface area contributed by atoms with E-state index in [0.717, 1.165) is 17.0 Å². The SMILES string of the molecule is COc1cncc(-c2cc3cc[nH]c(=O)c3c(Nc3ccc(C4CCN(CC5CC5)CC4)c(C)c3)n2)n1. The Bertz CT molecular complexity index is 1490. The van der Waals surface area contributed by atoms with E-state index in [2.05, 4.69) is 50.3 Å². The van der Waals surface area contributed by atoms with E-state index >= 15 is 0 Å². The van der Waals surface area contributed by atoms with Gasteiger partial charge in [-0.25, -0.2) is 9.97 Å². The minimum absolute atomic E-state index is 0.193. The molecule has 0 atom stereocenters. The summed E-state index contributed by atoms with van der Waals surface area (Å²) in [6, 6.07) is 10.2. The third kappa shape index (κ3) is 5.06. The molecule has 4 aromatic rings. The van der Waals surface area contributed by atoms with E-state index in [0.29, 0.717) is 34.4 Å². The van der Waals surface area contributed by atoms with Crippen LogP contribution in [-0.2, 0) is 0 Å². The smallest absolute Gasteiger partial charge is 0.259 e. The molecule has 8 nitrogen and oxygen atoms in total. The zero-order chi connectivity index (χ0) is 25.4. The highest BCUT2D eigenvalue weighted by Crippen LogP contribution is 2.35. The Hall–Kier alpha value is -3.78. The van der Waals surface area contributed by atoms with Gasteiger partial charge in [-0.2, -0.15) is 0 Å². The second kappa shape index (κ2) is 9.94. The molecule has 4 heterocycles. The summed E-state index contributed by atoms with van der Waals surface area (Å²) in [5.74, 6) is 2.44. The van der Waals surface area contributed by atoms with E-state index in [1.54, 1.807) is 25.7 Å². The number of anilines is 2. The average molecular weight is 497 g/mol. The summed E-state index contributed by atoms with van der Waals surface area (Å²) in [5.41, 5.74) is 4.58. The number of aromatic nitrogens is 4. The van der Waals surface area contributed by atoms with Crippen molar-refractivity contribution in [2.45, 2.75) is 38.5 Å². The van der Waals surface area contributed by atoms with Crippen LogP contribution in [0.2, 0.25) is 0 Å². The lowest BCUT2D eigenvalue weighted by molar-refractivity contribution is 0.204. The highest BCUT2D eigenvalue weighted by atomic mass is 16.5. The van der Waals surface area contributed by atoms with Crippen molar-refractivity contribution in [3.8, 4) is 17.3 Å². The summed E-state index contributed by atoms with van der Waals surface area (Å²) >= 11 is 0. The first-order chi connectivity index (χ1) is 18.1. The molecule has 1 aliphatic carbocycles. The Kier molecular flexibility index (Phi) is 6.34. The third-order valence-electron chi connectivity index (χ3n) is 7.61. The zero-order valence-corrected chi connectivity index (χ0v) is 21.3. The van der Waals surface area contributed by atoms with Crippen LogP contribution in [-0.4, -0.2) is 51.6 Å². The maximum Gasteiger partial charge on any atom is 0.259 e. The number of nitrogens with one attached hydrogen (secondary N) is 2. The van der Waals surface area contributed by atoms with Gasteiger partial charge in [-0.15, -0.1) is 0 Å². The maximum absolute atomic E-state index is 12.8. The van der Waals surface area contributed by atoms with Gasteiger partial charge in [0.15, 0.2) is 0 Å². The molecule has 2 fully saturated rings. The fraction of sp³-hybridized carbons (Fsp3) is 0.379. The Morgan fingerprint density at radius 1 is 1.05 bits per heavy atom. The van der Waals surface area contributed by atoms with Crippen LogP contribution in [0.3, 0.4) is 0 Å². The normalized spacial score (nSPS) is 16.7. The van der Waals surface area contributed by atoms with Gasteiger partial charge in [0.05, 0.1) is 30.6 Å². The number of likely N-dealkylation sites (tertiary alicyclic amines) is 1. The fourth-order valence-electron chi connectivity index (χ4n) is 5.45. The van der Waals surface area contributed by atoms with Gasteiger partial charge >= 0.3 is 0 Å². The third-order valence-corrected chi connectivity index (χ3v) is 7.61. The molecule has 0 spiro atoms. The fourth-order valence-corrected chi connectivity index (χ4v) is 5.45. The number of aromatic amines is 1. The lowest BCUT2D eigenvalue weighted by Crippen LogP contribution is -2.34. The minimum Gasteiger partial charge on any atom is -0.480 e. The first-order valence-electron chi connectivity index (χ1n) is 13.1. The number of rotatable bonds is 7. The van der Waals surface area contributed by atoms with E-state index in [1.807, 2.05) is 12.1 Å². The van der Waals surface area contributed by atoms with E-state index in [-0.39, 0.29) is 5.56 Å². The number of hydrogen-bond acceptors (Lipinski definition) is 7. The maximum atomic E-state index is 12.8. The Morgan fingerprint density at radius 2 is 1.89 bits per heavy atom. The van der Waals surface area contributed by atoms with Gasteiger partial charge in [0.2, 0.25) is 5.88 Å². The molecule has 6 rings (SSSR count). The van der Waals surface area contributed by atoms with Crippen LogP contribution in [0.5, 0.6) is 5.88 Å². The second-order valence-electron chi connectivity index (χ2n) is 10.3. The molecule has 0 amide bonds. The van der Waals surface area contributed by atoms with Gasteiger partial charge in [0, 0.05) is 18.4 Å². The summed E-state index contributed by atoms with van der Waals surface area (Å²) in [6.45, 7) is 5.85. The van der Waals surface area contributed by atoms with Crippen molar-refractivity contribution in [2.75, 3.05) is 32.1 Å². The van der Waals surface area contributed by atoms with Crippen LogP contribution >= 0.6 is 0 Å². The lowest BCUT2D eigenvalue weighted by Gasteiger charge is -2.33. The number of benzene rings is 1. The van der Waals surface area contributed by atoms with Gasteiger partial charge in [-0.1, -0.05) is 6.07 Å². The molecule has 8 heteroatoms. The summed E-state index contributed by atoms with van der Waals surface area (Å²) in [4.78, 5) is 31.7. The predicted octanol–water partition coefficient (Wildman–Crippen LogP) is 5.03. The first-order valence-corrected chi connectivity index (χ1v) is 13.1. The van der Waals surface area contributed by atoms with Crippen molar-refractivity contribution in [3.63, 3.8) is 0 Å². The summed E-state index contributed by atoms with van der Waals surface area (Å²) in [7, 11) is 1.55. The lowest BCUT2D eigenvalue weighted by atomic mass is 9.86. The summed E-state index contributed by atoms with van der Waals surface area (Å²) in [5, 5.41) is 4.69. The zero-order valence-electron chi connectivity index (χ0n) is 21.3. The predicted molar refractivity (Wildman–Crippen MR) is 146 cm³/mol. The molecule has 2 N–H and O–H groups in total. The molecule has 3 aromatic heterocycles. The van der Waals surface area contributed by atoms with E-state index in [9.17, 15) is 4.79 Å². The average Bonchev–Trinajstić information content (AvgIpc) is 3.73. The summed E-state index contributed by atoms with van der Waals surface area (Å²) < 4.78 is 5.23. The van der Waals surface area contributed by atoms with Crippen LogP contribution in [0, 0.1) is 12.8 Å². The van der Waals surface area contributed by atoms with Crippen LogP contribution < -0.4 is 15.6 Å². The van der Waals surface area contributed by atoms with E-state index in [1.165, 1.54) is 56.4 Å². The number of piperidine rings is 1. The van der Waals surface area contributed by atoms with Crippen molar-refractivity contribution in [1.29, 1.82) is 0 Å². The van der Waals surface area contributed by atoms with Gasteiger partial charge in [-0.3, -0.25) is 9.78 Å². The number of ether oxygens (including phenoxy) is 1. The monoisotopic (exact) mass is 496 g/mol.